The number of carbonyl (C=O) groups is 2. The maximum absolute atomic E-state index is 13.0. The van der Waals surface area contributed by atoms with E-state index in [2.05, 4.69) is 10.3 Å². The van der Waals surface area contributed by atoms with E-state index in [0.29, 0.717) is 11.3 Å². The predicted molar refractivity (Wildman–Crippen MR) is 120 cm³/mol. The fraction of sp³-hybridized carbons (Fsp3) is 0.160. The third-order valence-electron chi connectivity index (χ3n) is 5.79. The molecule has 1 aliphatic rings. The number of alkyl halides is 3. The van der Waals surface area contributed by atoms with Crippen molar-refractivity contribution < 1.29 is 32.7 Å². The average Bonchev–Trinajstić information content (AvgIpc) is 3.22. The summed E-state index contributed by atoms with van der Waals surface area (Å²) in [6.07, 6.45) is -3.51. The smallest absolute Gasteiger partial charge is 0.392 e. The fourth-order valence-corrected chi connectivity index (χ4v) is 4.10. The van der Waals surface area contributed by atoms with Crippen LogP contribution in [0.1, 0.15) is 21.6 Å². The van der Waals surface area contributed by atoms with Gasteiger partial charge in [-0.1, -0.05) is 24.3 Å². The standard InChI is InChI=1S/C25H18F3N3O4/c26-25(27,28)24(34)35-31-21-6-8-30-23(33)19(21)12-22(31)18-5-7-29-20(11-18)17-4-3-15-9-14(13-32)1-2-16(15)10-17/h1-5,7,9-12,32H,6,8,13H2,(H,30,33). The van der Waals surface area contributed by atoms with Crippen molar-refractivity contribution in [2.24, 2.45) is 0 Å². The Labute approximate surface area is 196 Å². The quantitative estimate of drug-likeness (QED) is 0.464. The van der Waals surface area contributed by atoms with Gasteiger partial charge < -0.3 is 15.3 Å². The molecule has 35 heavy (non-hydrogen) atoms. The van der Waals surface area contributed by atoms with Crippen molar-refractivity contribution in [2.45, 2.75) is 19.2 Å². The van der Waals surface area contributed by atoms with E-state index in [-0.39, 0.29) is 36.5 Å². The molecule has 5 rings (SSSR count). The number of halogens is 3. The number of aliphatic hydroxyl groups excluding tert-OH is 1. The lowest BCUT2D eigenvalue weighted by Gasteiger charge is -2.17. The molecule has 1 amide bonds. The van der Waals surface area contributed by atoms with Crippen molar-refractivity contribution in [3.8, 4) is 22.5 Å². The van der Waals surface area contributed by atoms with E-state index in [1.165, 1.54) is 12.3 Å². The third-order valence-corrected chi connectivity index (χ3v) is 5.79. The van der Waals surface area contributed by atoms with Crippen LogP contribution >= 0.6 is 0 Å². The van der Waals surface area contributed by atoms with Gasteiger partial charge in [-0.25, -0.2) is 4.79 Å². The Morgan fingerprint density at radius 3 is 2.60 bits per heavy atom. The molecule has 4 aromatic rings. The van der Waals surface area contributed by atoms with E-state index < -0.39 is 18.1 Å². The Morgan fingerprint density at radius 1 is 1.06 bits per heavy atom. The Hall–Kier alpha value is -4.18. The van der Waals surface area contributed by atoms with Crippen LogP contribution in [0.4, 0.5) is 13.2 Å². The molecule has 2 aromatic heterocycles. The summed E-state index contributed by atoms with van der Waals surface area (Å²) in [6, 6.07) is 15.8. The molecule has 2 aromatic carbocycles. The van der Waals surface area contributed by atoms with Gasteiger partial charge >= 0.3 is 12.1 Å². The van der Waals surface area contributed by atoms with Crippen LogP contribution < -0.4 is 10.2 Å². The van der Waals surface area contributed by atoms with E-state index in [9.17, 15) is 27.9 Å². The van der Waals surface area contributed by atoms with E-state index in [4.69, 9.17) is 4.84 Å². The highest BCUT2D eigenvalue weighted by Crippen LogP contribution is 2.31. The van der Waals surface area contributed by atoms with Gasteiger partial charge in [-0.05, 0) is 46.7 Å². The minimum atomic E-state index is -5.20. The number of hydrogen-bond donors (Lipinski definition) is 2. The van der Waals surface area contributed by atoms with Crippen LogP contribution in [-0.4, -0.2) is 39.4 Å². The largest absolute Gasteiger partial charge is 0.493 e. The van der Waals surface area contributed by atoms with Crippen LogP contribution in [0.15, 0.2) is 60.8 Å². The van der Waals surface area contributed by atoms with Gasteiger partial charge in [-0.15, -0.1) is 0 Å². The Bertz CT molecular complexity index is 1480. The number of pyridine rings is 1. The third kappa shape index (κ3) is 4.24. The minimum absolute atomic E-state index is 0.0676. The van der Waals surface area contributed by atoms with Crippen LogP contribution in [0.3, 0.4) is 0 Å². The molecule has 178 valence electrons. The molecule has 0 radical (unpaired) electrons. The Morgan fingerprint density at radius 2 is 1.83 bits per heavy atom. The first kappa shape index (κ1) is 22.6. The molecule has 0 fully saturated rings. The first-order chi connectivity index (χ1) is 16.7. The molecule has 10 heteroatoms. The van der Waals surface area contributed by atoms with Gasteiger partial charge in [0.05, 0.1) is 29.3 Å². The highest BCUT2D eigenvalue weighted by molar-refractivity contribution is 5.98. The summed E-state index contributed by atoms with van der Waals surface area (Å²) >= 11 is 0. The van der Waals surface area contributed by atoms with Crippen molar-refractivity contribution in [1.29, 1.82) is 0 Å². The molecule has 0 saturated heterocycles. The number of aliphatic hydroxyl groups is 1. The number of amides is 1. The van der Waals surface area contributed by atoms with Crippen LogP contribution in [0.2, 0.25) is 0 Å². The molecule has 0 saturated carbocycles. The number of aromatic nitrogens is 2. The lowest BCUT2D eigenvalue weighted by molar-refractivity contribution is -0.199. The van der Waals surface area contributed by atoms with E-state index in [0.717, 1.165) is 26.6 Å². The van der Waals surface area contributed by atoms with Crippen LogP contribution in [0.25, 0.3) is 33.3 Å². The number of benzene rings is 2. The van der Waals surface area contributed by atoms with Crippen molar-refractivity contribution in [3.05, 3.63) is 77.6 Å². The second kappa shape index (κ2) is 8.55. The van der Waals surface area contributed by atoms with Gasteiger partial charge in [0.2, 0.25) is 0 Å². The molecule has 0 bridgehead atoms. The van der Waals surface area contributed by atoms with Gasteiger partial charge in [0.1, 0.15) is 0 Å². The maximum atomic E-state index is 13.0. The highest BCUT2D eigenvalue weighted by atomic mass is 19.4. The summed E-state index contributed by atoms with van der Waals surface area (Å²) < 4.78 is 39.7. The van der Waals surface area contributed by atoms with Crippen molar-refractivity contribution in [1.82, 2.24) is 15.0 Å². The molecular formula is C25H18F3N3O4. The fourth-order valence-electron chi connectivity index (χ4n) is 4.10. The van der Waals surface area contributed by atoms with Crippen LogP contribution in [-0.2, 0) is 17.8 Å². The van der Waals surface area contributed by atoms with Gasteiger partial charge in [0.25, 0.3) is 5.91 Å². The summed E-state index contributed by atoms with van der Waals surface area (Å²) in [5, 5.41) is 13.8. The van der Waals surface area contributed by atoms with Crippen molar-refractivity contribution >= 4 is 22.6 Å². The van der Waals surface area contributed by atoms with Gasteiger partial charge in [0, 0.05) is 30.3 Å². The molecule has 0 unspecified atom stereocenters. The molecule has 0 spiro atoms. The zero-order valence-electron chi connectivity index (χ0n) is 18.1. The second-order valence-corrected chi connectivity index (χ2v) is 8.05. The molecule has 0 aliphatic carbocycles. The number of hydrogen-bond acceptors (Lipinski definition) is 5. The van der Waals surface area contributed by atoms with Crippen molar-refractivity contribution in [2.75, 3.05) is 6.54 Å². The summed E-state index contributed by atoms with van der Waals surface area (Å²) in [5.74, 6) is -2.84. The summed E-state index contributed by atoms with van der Waals surface area (Å²) in [4.78, 5) is 33.0. The van der Waals surface area contributed by atoms with Gasteiger partial charge in [0.15, 0.2) is 0 Å². The SMILES string of the molecule is O=C1NCCc2c1cc(-c1ccnc(-c3ccc4cc(CO)ccc4c3)c1)n2OC(=O)C(F)(F)F. The molecule has 2 N–H and O–H groups in total. The normalized spacial score (nSPS) is 13.4. The first-order valence-corrected chi connectivity index (χ1v) is 10.7. The first-order valence-electron chi connectivity index (χ1n) is 10.7. The number of carbonyl (C=O) groups excluding carboxylic acids is 2. The molecule has 7 nitrogen and oxygen atoms in total. The van der Waals surface area contributed by atoms with Crippen LogP contribution in [0.5, 0.6) is 0 Å². The predicted octanol–water partition coefficient (Wildman–Crippen LogP) is 3.67. The minimum Gasteiger partial charge on any atom is -0.392 e. The van der Waals surface area contributed by atoms with E-state index >= 15 is 0 Å². The average molecular weight is 481 g/mol. The number of fused-ring (bicyclic) bond motifs is 2. The molecule has 1 aliphatic heterocycles. The summed E-state index contributed by atoms with van der Waals surface area (Å²) in [6.45, 7) is 0.136. The van der Waals surface area contributed by atoms with Crippen LogP contribution in [0, 0.1) is 0 Å². The number of nitrogens with one attached hydrogen (secondary N) is 1. The Balaban J connectivity index is 1.59. The Kier molecular flexibility index (Phi) is 5.52. The molecule has 0 atom stereocenters. The lowest BCUT2D eigenvalue weighted by Crippen LogP contribution is -2.37. The van der Waals surface area contributed by atoms with Gasteiger partial charge in [-0.2, -0.15) is 17.9 Å². The monoisotopic (exact) mass is 481 g/mol. The van der Waals surface area contributed by atoms with E-state index in [1.54, 1.807) is 12.1 Å². The summed E-state index contributed by atoms with van der Waals surface area (Å²) in [5.41, 5.74) is 2.95. The summed E-state index contributed by atoms with van der Waals surface area (Å²) in [7, 11) is 0. The molecule has 3 heterocycles. The second-order valence-electron chi connectivity index (χ2n) is 8.05. The van der Waals surface area contributed by atoms with Crippen molar-refractivity contribution in [3.63, 3.8) is 0 Å². The molecular weight excluding hydrogens is 463 g/mol. The highest BCUT2D eigenvalue weighted by Gasteiger charge is 2.43. The van der Waals surface area contributed by atoms with E-state index in [1.807, 2.05) is 36.4 Å². The topological polar surface area (TPSA) is 93.5 Å². The van der Waals surface area contributed by atoms with Gasteiger partial charge in [-0.3, -0.25) is 9.78 Å². The zero-order valence-corrected chi connectivity index (χ0v) is 18.1. The number of rotatable bonds is 4. The maximum Gasteiger partial charge on any atom is 0.493 e. The zero-order chi connectivity index (χ0) is 24.7. The number of nitrogens with zero attached hydrogens (tertiary/aromatic N) is 2. The lowest BCUT2D eigenvalue weighted by atomic mass is 10.0.